The third-order valence-electron chi connectivity index (χ3n) is 6.05. The van der Waals surface area contributed by atoms with E-state index in [4.69, 9.17) is 17.3 Å². The Bertz CT molecular complexity index is 879. The van der Waals surface area contributed by atoms with Crippen LogP contribution in [0.25, 0.3) is 0 Å². The van der Waals surface area contributed by atoms with E-state index in [2.05, 4.69) is 72.0 Å². The smallest absolute Gasteiger partial charge is 0.0668 e. The highest BCUT2D eigenvalue weighted by molar-refractivity contribution is 6.30. The predicted octanol–water partition coefficient (Wildman–Crippen LogP) is 5.01. The van der Waals surface area contributed by atoms with Crippen LogP contribution in [-0.4, -0.2) is 13.1 Å². The second-order valence-electron chi connectivity index (χ2n) is 7.92. The maximum atomic E-state index is 7.16. The molecule has 1 heterocycles. The summed E-state index contributed by atoms with van der Waals surface area (Å²) in [5.41, 5.74) is 10.3. The Labute approximate surface area is 172 Å². The van der Waals surface area contributed by atoms with Gasteiger partial charge in [0.2, 0.25) is 0 Å². The summed E-state index contributed by atoms with van der Waals surface area (Å²) < 4.78 is 0. The minimum absolute atomic E-state index is 0.515. The summed E-state index contributed by atoms with van der Waals surface area (Å²) in [4.78, 5) is 0. The highest BCUT2D eigenvalue weighted by Crippen LogP contribution is 2.38. The van der Waals surface area contributed by atoms with E-state index in [1.807, 2.05) is 18.2 Å². The Morgan fingerprint density at radius 3 is 2.04 bits per heavy atom. The Morgan fingerprint density at radius 2 is 1.36 bits per heavy atom. The van der Waals surface area contributed by atoms with E-state index >= 15 is 0 Å². The second kappa shape index (κ2) is 8.48. The second-order valence-corrected chi connectivity index (χ2v) is 8.35. The summed E-state index contributed by atoms with van der Waals surface area (Å²) in [5.74, 6) is 1.10. The van der Waals surface area contributed by atoms with Gasteiger partial charge >= 0.3 is 0 Å². The van der Waals surface area contributed by atoms with E-state index in [1.165, 1.54) is 5.56 Å². The highest BCUT2D eigenvalue weighted by atomic mass is 35.5. The molecule has 28 heavy (non-hydrogen) atoms. The maximum Gasteiger partial charge on any atom is 0.0668 e. The maximum absolute atomic E-state index is 7.16. The molecule has 0 saturated carbocycles. The molecule has 3 N–H and O–H groups in total. The van der Waals surface area contributed by atoms with Gasteiger partial charge in [-0.15, -0.1) is 0 Å². The lowest BCUT2D eigenvalue weighted by molar-refractivity contribution is 0.317. The topological polar surface area (TPSA) is 38.0 Å². The van der Waals surface area contributed by atoms with E-state index in [0.717, 1.165) is 42.1 Å². The zero-order chi connectivity index (χ0) is 19.4. The number of hydrogen-bond acceptors (Lipinski definition) is 2. The number of nitrogens with two attached hydrogens (primary N) is 1. The van der Waals surface area contributed by atoms with E-state index in [0.29, 0.717) is 11.8 Å². The fourth-order valence-electron chi connectivity index (χ4n) is 4.48. The Morgan fingerprint density at radius 1 is 0.786 bits per heavy atom. The van der Waals surface area contributed by atoms with Crippen molar-refractivity contribution in [3.8, 4) is 0 Å². The molecule has 0 spiro atoms. The van der Waals surface area contributed by atoms with Crippen LogP contribution in [-0.2, 0) is 12.0 Å². The summed E-state index contributed by atoms with van der Waals surface area (Å²) >= 11 is 6.14. The van der Waals surface area contributed by atoms with Crippen LogP contribution in [0.2, 0.25) is 5.02 Å². The van der Waals surface area contributed by atoms with Gasteiger partial charge in [0.25, 0.3) is 0 Å². The third-order valence-corrected chi connectivity index (χ3v) is 6.30. The molecule has 3 atom stereocenters. The molecule has 0 radical (unpaired) electrons. The molecule has 3 aromatic rings. The molecule has 3 aromatic carbocycles. The first-order valence-corrected chi connectivity index (χ1v) is 10.4. The molecule has 0 aromatic heterocycles. The van der Waals surface area contributed by atoms with Gasteiger partial charge in [-0.05, 0) is 66.6 Å². The molecule has 1 saturated heterocycles. The molecule has 1 aliphatic heterocycles. The van der Waals surface area contributed by atoms with Gasteiger partial charge < -0.3 is 11.1 Å². The van der Waals surface area contributed by atoms with E-state index in [9.17, 15) is 0 Å². The Hall–Kier alpha value is -2.13. The SMILES string of the molecule is NC(CC1CNCC1Cc1ccccc1)(c1ccccc1)c1ccc(Cl)cc1. The van der Waals surface area contributed by atoms with Crippen molar-refractivity contribution < 1.29 is 0 Å². The molecule has 144 valence electrons. The minimum atomic E-state index is -0.530. The first kappa shape index (κ1) is 19.2. The van der Waals surface area contributed by atoms with Gasteiger partial charge in [0.1, 0.15) is 0 Å². The molecule has 4 rings (SSSR count). The van der Waals surface area contributed by atoms with Crippen LogP contribution in [0.1, 0.15) is 23.1 Å². The first-order valence-electron chi connectivity index (χ1n) is 10.0. The van der Waals surface area contributed by atoms with Crippen LogP contribution in [0.4, 0.5) is 0 Å². The molecule has 1 fully saturated rings. The monoisotopic (exact) mass is 390 g/mol. The summed E-state index contributed by atoms with van der Waals surface area (Å²) in [6, 6.07) is 29.3. The number of rotatable bonds is 6. The molecule has 0 aliphatic carbocycles. The van der Waals surface area contributed by atoms with Crippen LogP contribution in [0.3, 0.4) is 0 Å². The van der Waals surface area contributed by atoms with Crippen molar-refractivity contribution in [2.45, 2.75) is 18.4 Å². The van der Waals surface area contributed by atoms with Crippen LogP contribution in [0.5, 0.6) is 0 Å². The third kappa shape index (κ3) is 4.15. The number of halogens is 1. The normalized spacial score (nSPS) is 21.4. The number of benzene rings is 3. The summed E-state index contributed by atoms with van der Waals surface area (Å²) in [6.07, 6.45) is 1.99. The van der Waals surface area contributed by atoms with Crippen LogP contribution in [0, 0.1) is 11.8 Å². The standard InChI is InChI=1S/C25H27ClN2/c26-24-13-11-23(12-14-24)25(27,22-9-5-2-6-10-22)16-21-18-28-17-20(21)15-19-7-3-1-4-8-19/h1-14,20-21,28H,15-18,27H2. The summed E-state index contributed by atoms with van der Waals surface area (Å²) in [6.45, 7) is 2.06. The lowest BCUT2D eigenvalue weighted by atomic mass is 9.73. The molecule has 0 amide bonds. The van der Waals surface area contributed by atoms with Gasteiger partial charge in [-0.25, -0.2) is 0 Å². The van der Waals surface area contributed by atoms with Gasteiger partial charge in [0.05, 0.1) is 5.54 Å². The zero-order valence-electron chi connectivity index (χ0n) is 16.0. The van der Waals surface area contributed by atoms with Crippen molar-refractivity contribution >= 4 is 11.6 Å². The Balaban J connectivity index is 1.63. The molecular formula is C25H27ClN2. The van der Waals surface area contributed by atoms with Crippen LogP contribution in [0.15, 0.2) is 84.9 Å². The van der Waals surface area contributed by atoms with Gasteiger partial charge in [-0.1, -0.05) is 84.4 Å². The van der Waals surface area contributed by atoms with Gasteiger partial charge in [0, 0.05) is 5.02 Å². The van der Waals surface area contributed by atoms with Crippen molar-refractivity contribution in [2.75, 3.05) is 13.1 Å². The predicted molar refractivity (Wildman–Crippen MR) is 117 cm³/mol. The average Bonchev–Trinajstić information content (AvgIpc) is 3.16. The van der Waals surface area contributed by atoms with Crippen LogP contribution >= 0.6 is 11.6 Å². The molecule has 0 bridgehead atoms. The van der Waals surface area contributed by atoms with Crippen molar-refractivity contribution in [3.05, 3.63) is 107 Å². The number of hydrogen-bond donors (Lipinski definition) is 2. The van der Waals surface area contributed by atoms with Gasteiger partial charge in [-0.2, -0.15) is 0 Å². The van der Waals surface area contributed by atoms with Crippen molar-refractivity contribution in [1.82, 2.24) is 5.32 Å². The molecule has 3 heteroatoms. The lowest BCUT2D eigenvalue weighted by Gasteiger charge is -2.35. The summed E-state index contributed by atoms with van der Waals surface area (Å²) in [7, 11) is 0. The molecular weight excluding hydrogens is 364 g/mol. The molecule has 3 unspecified atom stereocenters. The lowest BCUT2D eigenvalue weighted by Crippen LogP contribution is -2.41. The zero-order valence-corrected chi connectivity index (χ0v) is 16.8. The van der Waals surface area contributed by atoms with Gasteiger partial charge in [-0.3, -0.25) is 0 Å². The molecule has 2 nitrogen and oxygen atoms in total. The highest BCUT2D eigenvalue weighted by Gasteiger charge is 2.37. The largest absolute Gasteiger partial charge is 0.318 e. The quantitative estimate of drug-likeness (QED) is 0.620. The minimum Gasteiger partial charge on any atom is -0.318 e. The van der Waals surface area contributed by atoms with Crippen molar-refractivity contribution in [1.29, 1.82) is 0 Å². The Kier molecular flexibility index (Phi) is 5.82. The summed E-state index contributed by atoms with van der Waals surface area (Å²) in [5, 5.41) is 4.34. The first-order chi connectivity index (χ1) is 13.6. The van der Waals surface area contributed by atoms with Crippen molar-refractivity contribution in [2.24, 2.45) is 17.6 Å². The molecule has 1 aliphatic rings. The van der Waals surface area contributed by atoms with Gasteiger partial charge in [0.15, 0.2) is 0 Å². The van der Waals surface area contributed by atoms with E-state index < -0.39 is 5.54 Å². The van der Waals surface area contributed by atoms with E-state index in [1.54, 1.807) is 0 Å². The number of nitrogens with one attached hydrogen (secondary N) is 1. The van der Waals surface area contributed by atoms with Crippen molar-refractivity contribution in [3.63, 3.8) is 0 Å². The fraction of sp³-hybridized carbons (Fsp3) is 0.280. The van der Waals surface area contributed by atoms with Crippen LogP contribution < -0.4 is 11.1 Å². The average molecular weight is 391 g/mol. The fourth-order valence-corrected chi connectivity index (χ4v) is 4.61. The van der Waals surface area contributed by atoms with E-state index in [-0.39, 0.29) is 0 Å².